The Bertz CT molecular complexity index is 271. The van der Waals surface area contributed by atoms with Gasteiger partial charge in [-0.2, -0.15) is 0 Å². The SMILES string of the molecule is C=CC(=O)OCC(C)S(=O)(=O)[O-].[K+]. The normalized spacial score (nSPS) is 12.5. The predicted octanol–water partition coefficient (Wildman–Crippen LogP) is -3.35. The quantitative estimate of drug-likeness (QED) is 0.219. The van der Waals surface area contributed by atoms with Crippen LogP contribution < -0.4 is 51.4 Å². The fraction of sp³-hybridized carbons (Fsp3) is 0.500. The van der Waals surface area contributed by atoms with Crippen molar-refractivity contribution in [1.82, 2.24) is 0 Å². The Labute approximate surface area is 120 Å². The first-order valence-corrected chi connectivity index (χ1v) is 4.59. The summed E-state index contributed by atoms with van der Waals surface area (Å²) in [6, 6.07) is 0. The van der Waals surface area contributed by atoms with E-state index in [1.54, 1.807) is 0 Å². The zero-order chi connectivity index (χ0) is 9.78. The third-order valence-electron chi connectivity index (χ3n) is 1.12. The third kappa shape index (κ3) is 7.80. The maximum atomic E-state index is 10.4. The molecular weight excluding hydrogens is 223 g/mol. The fourth-order valence-electron chi connectivity index (χ4n) is 0.342. The molecule has 0 spiro atoms. The molecule has 0 rings (SSSR count). The minimum absolute atomic E-state index is 0. The Kier molecular flexibility index (Phi) is 8.85. The van der Waals surface area contributed by atoms with Crippen LogP contribution in [0.2, 0.25) is 0 Å². The molecule has 0 aliphatic carbocycles. The molecule has 5 nitrogen and oxygen atoms in total. The topological polar surface area (TPSA) is 83.5 Å². The first kappa shape index (κ1) is 16.2. The molecule has 0 saturated carbocycles. The summed E-state index contributed by atoms with van der Waals surface area (Å²) in [5.41, 5.74) is 0. The fourth-order valence-corrected chi connectivity index (χ4v) is 0.576. The molecule has 0 amide bonds. The summed E-state index contributed by atoms with van der Waals surface area (Å²) in [6.07, 6.45) is 0.893. The number of carbonyl (C=O) groups excluding carboxylic acids is 1. The molecule has 0 fully saturated rings. The molecule has 0 aromatic carbocycles. The second-order valence-electron chi connectivity index (χ2n) is 2.14. The molecule has 13 heavy (non-hydrogen) atoms. The molecule has 0 aliphatic heterocycles. The van der Waals surface area contributed by atoms with Crippen LogP contribution in [0.1, 0.15) is 6.92 Å². The van der Waals surface area contributed by atoms with E-state index in [9.17, 15) is 17.8 Å². The van der Waals surface area contributed by atoms with Gasteiger partial charge in [0, 0.05) is 6.08 Å². The maximum Gasteiger partial charge on any atom is 1.00 e. The van der Waals surface area contributed by atoms with Crippen molar-refractivity contribution in [3.63, 3.8) is 0 Å². The summed E-state index contributed by atoms with van der Waals surface area (Å²) >= 11 is 0. The van der Waals surface area contributed by atoms with Crippen LogP contribution in [0.5, 0.6) is 0 Å². The molecule has 0 radical (unpaired) electrons. The molecule has 7 heteroatoms. The molecule has 0 heterocycles. The van der Waals surface area contributed by atoms with Crippen LogP contribution in [0.25, 0.3) is 0 Å². The Balaban J connectivity index is 0. The van der Waals surface area contributed by atoms with Gasteiger partial charge in [0.15, 0.2) is 0 Å². The molecule has 0 bridgehead atoms. The van der Waals surface area contributed by atoms with E-state index in [0.29, 0.717) is 0 Å². The molecule has 0 N–H and O–H groups in total. The van der Waals surface area contributed by atoms with E-state index in [1.165, 1.54) is 6.92 Å². The van der Waals surface area contributed by atoms with E-state index in [4.69, 9.17) is 0 Å². The molecule has 1 atom stereocenters. The standard InChI is InChI=1S/C6H10O5S.K/c1-3-6(7)11-4-5(2)12(8,9)10;/h3,5H,1,4H2,2H3,(H,8,9,10);/q;+1/p-1. The molecular formula is C6H9KO5S. The number of hydrogen-bond acceptors (Lipinski definition) is 5. The van der Waals surface area contributed by atoms with Crippen LogP contribution >= 0.6 is 0 Å². The summed E-state index contributed by atoms with van der Waals surface area (Å²) in [5, 5.41) is -1.22. The number of rotatable bonds is 4. The van der Waals surface area contributed by atoms with Gasteiger partial charge in [-0.25, -0.2) is 13.2 Å². The van der Waals surface area contributed by atoms with Crippen molar-refractivity contribution in [1.29, 1.82) is 0 Å². The zero-order valence-electron chi connectivity index (χ0n) is 7.52. The van der Waals surface area contributed by atoms with Crippen molar-refractivity contribution < 1.29 is 73.9 Å². The maximum absolute atomic E-state index is 10.4. The minimum atomic E-state index is -4.37. The Morgan fingerprint density at radius 2 is 2.15 bits per heavy atom. The molecule has 0 aromatic rings. The van der Waals surface area contributed by atoms with E-state index in [2.05, 4.69) is 11.3 Å². The number of hydrogen-bond donors (Lipinski definition) is 0. The van der Waals surface area contributed by atoms with Crippen molar-refractivity contribution in [2.45, 2.75) is 12.2 Å². The van der Waals surface area contributed by atoms with Crippen molar-refractivity contribution in [3.8, 4) is 0 Å². The van der Waals surface area contributed by atoms with Crippen LogP contribution in [0, 0.1) is 0 Å². The van der Waals surface area contributed by atoms with E-state index < -0.39 is 27.9 Å². The van der Waals surface area contributed by atoms with E-state index in [-0.39, 0.29) is 51.4 Å². The Hall–Kier alpha value is 0.756. The average molecular weight is 232 g/mol. The van der Waals surface area contributed by atoms with Gasteiger partial charge in [-0.15, -0.1) is 0 Å². The van der Waals surface area contributed by atoms with Crippen LogP contribution in [0.3, 0.4) is 0 Å². The van der Waals surface area contributed by atoms with Crippen molar-refractivity contribution in [2.75, 3.05) is 6.61 Å². The van der Waals surface area contributed by atoms with Crippen LogP contribution in [-0.4, -0.2) is 30.8 Å². The smallest absolute Gasteiger partial charge is 0.748 e. The summed E-state index contributed by atoms with van der Waals surface area (Å²) in [5.74, 6) is -0.745. The monoisotopic (exact) mass is 232 g/mol. The number of carbonyl (C=O) groups is 1. The second kappa shape index (κ2) is 7.10. The summed E-state index contributed by atoms with van der Waals surface area (Å²) in [6.45, 7) is 3.83. The van der Waals surface area contributed by atoms with Gasteiger partial charge in [0.25, 0.3) is 0 Å². The van der Waals surface area contributed by atoms with Crippen molar-refractivity contribution in [2.24, 2.45) is 0 Å². The van der Waals surface area contributed by atoms with Gasteiger partial charge in [-0.1, -0.05) is 6.58 Å². The Morgan fingerprint density at radius 3 is 2.46 bits per heavy atom. The summed E-state index contributed by atoms with van der Waals surface area (Å²) < 4.78 is 35.1. The number of esters is 1. The molecule has 70 valence electrons. The van der Waals surface area contributed by atoms with Crippen LogP contribution in [-0.2, 0) is 19.6 Å². The van der Waals surface area contributed by atoms with Gasteiger partial charge >= 0.3 is 57.4 Å². The van der Waals surface area contributed by atoms with Gasteiger partial charge in [0.05, 0.1) is 5.25 Å². The molecule has 0 saturated heterocycles. The van der Waals surface area contributed by atoms with Gasteiger partial charge in [0.2, 0.25) is 0 Å². The largest absolute Gasteiger partial charge is 1.00 e. The first-order chi connectivity index (χ1) is 5.38. The number of ether oxygens (including phenoxy) is 1. The van der Waals surface area contributed by atoms with E-state index >= 15 is 0 Å². The summed E-state index contributed by atoms with van der Waals surface area (Å²) in [7, 11) is -4.37. The summed E-state index contributed by atoms with van der Waals surface area (Å²) in [4.78, 5) is 10.4. The van der Waals surface area contributed by atoms with Crippen LogP contribution in [0.15, 0.2) is 12.7 Å². The van der Waals surface area contributed by atoms with Gasteiger partial charge in [-0.3, -0.25) is 0 Å². The van der Waals surface area contributed by atoms with E-state index in [1.807, 2.05) is 0 Å². The van der Waals surface area contributed by atoms with Crippen LogP contribution in [0.4, 0.5) is 0 Å². The predicted molar refractivity (Wildman–Crippen MR) is 40.3 cm³/mol. The zero-order valence-corrected chi connectivity index (χ0v) is 11.5. The van der Waals surface area contributed by atoms with Gasteiger partial charge < -0.3 is 9.29 Å². The average Bonchev–Trinajstić information content (AvgIpc) is 1.97. The second-order valence-corrected chi connectivity index (χ2v) is 3.93. The molecule has 0 aromatic heterocycles. The van der Waals surface area contributed by atoms with Gasteiger partial charge in [-0.05, 0) is 6.92 Å². The van der Waals surface area contributed by atoms with E-state index in [0.717, 1.165) is 6.08 Å². The third-order valence-corrected chi connectivity index (χ3v) is 2.24. The first-order valence-electron chi connectivity index (χ1n) is 3.12. The minimum Gasteiger partial charge on any atom is -0.748 e. The Morgan fingerprint density at radius 1 is 1.69 bits per heavy atom. The van der Waals surface area contributed by atoms with Crippen molar-refractivity contribution in [3.05, 3.63) is 12.7 Å². The molecule has 0 aliphatic rings. The van der Waals surface area contributed by atoms with Crippen molar-refractivity contribution >= 4 is 16.1 Å². The van der Waals surface area contributed by atoms with Gasteiger partial charge in [0.1, 0.15) is 16.7 Å². The molecule has 1 unspecified atom stereocenters.